The van der Waals surface area contributed by atoms with E-state index in [1.807, 2.05) is 122 Å². The van der Waals surface area contributed by atoms with E-state index in [-0.39, 0.29) is 0 Å². The lowest BCUT2D eigenvalue weighted by atomic mass is 10.1. The fourth-order valence-electron chi connectivity index (χ4n) is 4.45. The predicted octanol–water partition coefficient (Wildman–Crippen LogP) is 9.43. The maximum absolute atomic E-state index is 4.12. The van der Waals surface area contributed by atoms with Gasteiger partial charge in [0.05, 0.1) is 0 Å². The van der Waals surface area contributed by atoms with Crippen LogP contribution in [0.15, 0.2) is 185 Å². The Balaban J connectivity index is 0.000000194. The van der Waals surface area contributed by atoms with Crippen molar-refractivity contribution in [2.24, 2.45) is 0 Å². The first-order valence-corrected chi connectivity index (χ1v) is 19.1. The first-order valence-electron chi connectivity index (χ1n) is 19.1. The number of aryl methyl sites for hydroxylation is 7. The Labute approximate surface area is 358 Å². The molecule has 0 amide bonds. The van der Waals surface area contributed by atoms with Gasteiger partial charge in [0.1, 0.15) is 24.8 Å². The highest BCUT2D eigenvalue weighted by Gasteiger charge is 2.00. The van der Waals surface area contributed by atoms with Crippen molar-refractivity contribution in [3.63, 3.8) is 0 Å². The lowest BCUT2D eigenvalue weighted by molar-refractivity contribution is 1.05. The Morgan fingerprint density at radius 1 is 0.311 bits per heavy atom. The zero-order valence-corrected chi connectivity index (χ0v) is 35.6. The van der Waals surface area contributed by atoms with Crippen LogP contribution in [0.25, 0.3) is 22.3 Å². The molecule has 308 valence electrons. The molecular weight excluding hydrogens is 759 g/mol. The van der Waals surface area contributed by atoms with Crippen molar-refractivity contribution >= 4 is 0 Å². The van der Waals surface area contributed by atoms with Crippen molar-refractivity contribution in [3.8, 4) is 22.3 Å². The largest absolute Gasteiger partial charge is 0.265 e. The van der Waals surface area contributed by atoms with Crippen LogP contribution in [0.1, 0.15) is 39.5 Å². The van der Waals surface area contributed by atoms with Crippen molar-refractivity contribution in [2.45, 2.75) is 48.5 Å². The maximum atomic E-state index is 4.12. The number of pyridine rings is 5. The first-order chi connectivity index (χ1) is 29.7. The summed E-state index contributed by atoms with van der Waals surface area (Å²) in [6.45, 7) is 13.9. The third kappa shape index (κ3) is 22.0. The van der Waals surface area contributed by atoms with E-state index >= 15 is 0 Å². The second-order valence-electron chi connectivity index (χ2n) is 12.9. The third-order valence-corrected chi connectivity index (χ3v) is 7.55. The molecule has 0 radical (unpaired) electrons. The first kappa shape index (κ1) is 47.4. The van der Waals surface area contributed by atoms with Crippen LogP contribution in [0, 0.1) is 48.5 Å². The van der Waals surface area contributed by atoms with Crippen LogP contribution < -0.4 is 0 Å². The van der Waals surface area contributed by atoms with Crippen LogP contribution in [-0.4, -0.2) is 64.8 Å². The van der Waals surface area contributed by atoms with E-state index in [0.717, 1.165) is 45.0 Å². The van der Waals surface area contributed by atoms with Gasteiger partial charge in [-0.15, -0.1) is 0 Å². The van der Waals surface area contributed by atoms with Crippen LogP contribution in [-0.2, 0) is 0 Å². The summed E-state index contributed by atoms with van der Waals surface area (Å²) in [5.74, 6) is 0.822. The highest BCUT2D eigenvalue weighted by molar-refractivity contribution is 5.64. The van der Waals surface area contributed by atoms with Gasteiger partial charge in [0.2, 0.25) is 0 Å². The van der Waals surface area contributed by atoms with Crippen LogP contribution in [0.2, 0.25) is 0 Å². The lowest BCUT2D eigenvalue weighted by Crippen LogP contribution is -1.86. The molecule has 0 aliphatic heterocycles. The van der Waals surface area contributed by atoms with Gasteiger partial charge in [0.25, 0.3) is 0 Å². The number of aromatic nitrogens is 13. The van der Waals surface area contributed by atoms with Crippen LogP contribution in [0.5, 0.6) is 0 Å². The Kier molecular flexibility index (Phi) is 22.8. The van der Waals surface area contributed by atoms with Crippen molar-refractivity contribution in [1.82, 2.24) is 64.8 Å². The molecule has 9 heterocycles. The molecular formula is C48H51N13. The fraction of sp³-hybridized carbons (Fsp3) is 0.146. The smallest absolute Gasteiger partial charge is 0.125 e. The van der Waals surface area contributed by atoms with Gasteiger partial charge in [0, 0.05) is 127 Å². The zero-order valence-electron chi connectivity index (χ0n) is 35.6. The molecule has 0 spiro atoms. The molecule has 9 aromatic heterocycles. The summed E-state index contributed by atoms with van der Waals surface area (Å²) in [5.41, 5.74) is 11.0. The van der Waals surface area contributed by atoms with Crippen LogP contribution in [0.4, 0.5) is 0 Å². The molecule has 0 saturated heterocycles. The number of hydrogen-bond acceptors (Lipinski definition) is 13. The van der Waals surface area contributed by atoms with Gasteiger partial charge >= 0.3 is 0 Å². The second-order valence-corrected chi connectivity index (χ2v) is 12.9. The topological polar surface area (TPSA) is 168 Å². The molecule has 0 bridgehead atoms. The quantitative estimate of drug-likeness (QED) is 0.162. The summed E-state index contributed by atoms with van der Waals surface area (Å²) < 4.78 is 0. The van der Waals surface area contributed by atoms with Gasteiger partial charge in [-0.3, -0.25) is 24.9 Å². The molecule has 13 heteroatoms. The number of rotatable bonds is 2. The highest BCUT2D eigenvalue weighted by atomic mass is 14.8. The Morgan fingerprint density at radius 3 is 1.28 bits per heavy atom. The molecule has 61 heavy (non-hydrogen) atoms. The standard InChI is InChI=1S/2C10H9N3.3C6H7N.2C5H6N2/c1-8-4-9(2-3-13-8)10-5-11-7-12-6-10;1-8-2-3-11-6-10(8)9-4-12-7-13-5-9;1-6-2-4-7-5-3-6;1-6-3-2-4-7-5-6;1-6-4-2-3-5-7-6;1-5-2-6-4-7-3-5;1-5-6-3-2-4-7-5/h2*2-7H,1H3;3*2-5H,1H3;2*2-4H,1H3. The average molecular weight is 810 g/mol. The zero-order chi connectivity index (χ0) is 43.8. The number of hydrogen-bond donors (Lipinski definition) is 0. The minimum atomic E-state index is 0.822. The van der Waals surface area contributed by atoms with Crippen molar-refractivity contribution in [1.29, 1.82) is 0 Å². The van der Waals surface area contributed by atoms with Gasteiger partial charge in [-0.1, -0.05) is 12.1 Å². The minimum absolute atomic E-state index is 0.822. The molecule has 0 aromatic carbocycles. The molecule has 9 rings (SSSR count). The molecule has 0 aliphatic rings. The van der Waals surface area contributed by atoms with E-state index in [1.54, 1.807) is 92.8 Å². The van der Waals surface area contributed by atoms with Crippen molar-refractivity contribution in [2.75, 3.05) is 0 Å². The molecule has 0 aliphatic carbocycles. The van der Waals surface area contributed by atoms with E-state index < -0.39 is 0 Å². The SMILES string of the molecule is Cc1cc(-c2cncnc2)ccn1.Cc1ccccn1.Cc1cccnc1.Cc1ccncc1.Cc1ccncc1-c1cncnc1.Cc1cncnc1.Cc1ncccn1. The summed E-state index contributed by atoms with van der Waals surface area (Å²) in [6.07, 6.45) is 33.1. The third-order valence-electron chi connectivity index (χ3n) is 7.55. The van der Waals surface area contributed by atoms with Gasteiger partial charge < -0.3 is 0 Å². The Morgan fingerprint density at radius 2 is 0.869 bits per heavy atom. The summed E-state index contributed by atoms with van der Waals surface area (Å²) in [6, 6.07) is 21.5. The van der Waals surface area contributed by atoms with E-state index in [4.69, 9.17) is 0 Å². The molecule has 0 atom stereocenters. The second kappa shape index (κ2) is 29.3. The number of nitrogens with zero attached hydrogens (tertiary/aromatic N) is 13. The van der Waals surface area contributed by atoms with Crippen molar-refractivity contribution in [3.05, 3.63) is 224 Å². The lowest BCUT2D eigenvalue weighted by Gasteiger charge is -2.02. The molecule has 13 nitrogen and oxygen atoms in total. The van der Waals surface area contributed by atoms with Crippen molar-refractivity contribution < 1.29 is 0 Å². The van der Waals surface area contributed by atoms with Gasteiger partial charge in [0.15, 0.2) is 0 Å². The summed E-state index contributed by atoms with van der Waals surface area (Å²) in [5, 5.41) is 0. The van der Waals surface area contributed by atoms with Gasteiger partial charge in [-0.2, -0.15) is 0 Å². The molecule has 9 aromatic rings. The molecule has 0 fully saturated rings. The molecule has 0 N–H and O–H groups in total. The van der Waals surface area contributed by atoms with Crippen LogP contribution in [0.3, 0.4) is 0 Å². The average Bonchev–Trinajstić information content (AvgIpc) is 3.30. The maximum Gasteiger partial charge on any atom is 0.125 e. The van der Waals surface area contributed by atoms with Crippen LogP contribution >= 0.6 is 0 Å². The fourth-order valence-corrected chi connectivity index (χ4v) is 4.45. The predicted molar refractivity (Wildman–Crippen MR) is 240 cm³/mol. The minimum Gasteiger partial charge on any atom is -0.265 e. The summed E-state index contributed by atoms with van der Waals surface area (Å²) in [7, 11) is 0. The van der Waals surface area contributed by atoms with Gasteiger partial charge in [-0.05, 0) is 131 Å². The Hall–Kier alpha value is -7.93. The van der Waals surface area contributed by atoms with E-state index in [9.17, 15) is 0 Å². The van der Waals surface area contributed by atoms with Gasteiger partial charge in [-0.25, -0.2) is 39.9 Å². The van der Waals surface area contributed by atoms with E-state index in [2.05, 4.69) is 64.8 Å². The van der Waals surface area contributed by atoms with E-state index in [1.165, 1.54) is 35.7 Å². The molecule has 0 saturated carbocycles. The monoisotopic (exact) mass is 809 g/mol. The Bertz CT molecular complexity index is 2200. The molecule has 0 unspecified atom stereocenters. The highest BCUT2D eigenvalue weighted by Crippen LogP contribution is 2.19. The summed E-state index contributed by atoms with van der Waals surface area (Å²) >= 11 is 0. The van der Waals surface area contributed by atoms with E-state index in [0.29, 0.717) is 0 Å². The summed E-state index contributed by atoms with van der Waals surface area (Å²) in [4.78, 5) is 51.0. The normalized spacial score (nSPS) is 9.23.